The number of benzene rings is 2. The molecule has 2 heterocycles. The van der Waals surface area contributed by atoms with Gasteiger partial charge in [-0.2, -0.15) is 0 Å². The number of esters is 1. The van der Waals surface area contributed by atoms with Gasteiger partial charge < -0.3 is 10.1 Å². The van der Waals surface area contributed by atoms with E-state index in [1.165, 1.54) is 19.2 Å². The molecule has 0 spiro atoms. The van der Waals surface area contributed by atoms with Crippen LogP contribution in [0.2, 0.25) is 0 Å². The number of methoxy groups -OCH3 is 1. The number of fused-ring (bicyclic) bond motifs is 1. The van der Waals surface area contributed by atoms with Gasteiger partial charge in [0.25, 0.3) is 0 Å². The number of carbonyl (C=O) groups excluding carboxylic acids is 3. The van der Waals surface area contributed by atoms with E-state index in [0.29, 0.717) is 11.3 Å². The van der Waals surface area contributed by atoms with Crippen LogP contribution in [0.15, 0.2) is 54.6 Å². The second-order valence-corrected chi connectivity index (χ2v) is 7.37. The predicted octanol–water partition coefficient (Wildman–Crippen LogP) is 1.18. The van der Waals surface area contributed by atoms with Gasteiger partial charge in [-0.25, -0.2) is 14.1 Å². The van der Waals surface area contributed by atoms with Crippen LogP contribution in [0.5, 0.6) is 0 Å². The molecule has 2 amide bonds. The molecule has 2 fully saturated rings. The molecule has 4 rings (SSSR count). The van der Waals surface area contributed by atoms with E-state index in [2.05, 4.69) is 0 Å². The largest absolute Gasteiger partial charge is 0.464 e. The molecule has 2 aromatic rings. The molecule has 0 radical (unpaired) electrons. The summed E-state index contributed by atoms with van der Waals surface area (Å²) in [6, 6.07) is 13.9. The number of hydrogen-bond donors (Lipinski definition) is 1. The molecule has 2 saturated heterocycles. The number of anilines is 1. The van der Waals surface area contributed by atoms with Crippen molar-refractivity contribution in [2.24, 2.45) is 11.8 Å². The van der Waals surface area contributed by atoms with Crippen LogP contribution in [0.25, 0.3) is 0 Å². The topological polar surface area (TPSA) is 80.3 Å². The fourth-order valence-corrected chi connectivity index (χ4v) is 4.50. The first-order valence-electron chi connectivity index (χ1n) is 9.01. The molecular formula is C21H20FN2O4+. The Balaban J connectivity index is 1.82. The normalized spacial score (nSPS) is 29.1. The molecule has 4 atom stereocenters. The number of nitrogens with two attached hydrogens (primary N) is 1. The Morgan fingerprint density at radius 2 is 1.71 bits per heavy atom. The van der Waals surface area contributed by atoms with E-state index >= 15 is 0 Å². The Bertz CT molecular complexity index is 947. The summed E-state index contributed by atoms with van der Waals surface area (Å²) < 4.78 is 18.3. The number of ether oxygens (including phenoxy) is 1. The molecule has 144 valence electrons. The van der Waals surface area contributed by atoms with Gasteiger partial charge in [-0.15, -0.1) is 0 Å². The van der Waals surface area contributed by atoms with Gasteiger partial charge in [-0.3, -0.25) is 9.59 Å². The molecule has 2 aliphatic rings. The second-order valence-electron chi connectivity index (χ2n) is 7.37. The lowest BCUT2D eigenvalue weighted by molar-refractivity contribution is -0.730. The zero-order valence-corrected chi connectivity index (χ0v) is 15.5. The zero-order valence-electron chi connectivity index (χ0n) is 15.5. The van der Waals surface area contributed by atoms with Crippen molar-refractivity contribution in [2.75, 3.05) is 12.0 Å². The number of quaternary nitrogens is 1. The van der Waals surface area contributed by atoms with Crippen molar-refractivity contribution in [1.82, 2.24) is 0 Å². The zero-order chi connectivity index (χ0) is 20.1. The standard InChI is InChI=1S/C21H19FN2O4/c1-21(20(27)28-2)16-15(17(23-21)12-8-10-13(22)11-9-12)18(25)24(19(16)26)14-6-4-3-5-7-14/h3-11,15-17,23H,1-2H3/p+1/t15-,16+,17-,21-/m0/s1. The Kier molecular flexibility index (Phi) is 4.27. The van der Waals surface area contributed by atoms with E-state index in [0.717, 1.165) is 4.90 Å². The quantitative estimate of drug-likeness (QED) is 0.638. The van der Waals surface area contributed by atoms with Crippen LogP contribution in [0.1, 0.15) is 18.5 Å². The van der Waals surface area contributed by atoms with Crippen molar-refractivity contribution in [3.05, 3.63) is 66.0 Å². The summed E-state index contributed by atoms with van der Waals surface area (Å²) in [7, 11) is 1.26. The second kappa shape index (κ2) is 6.53. The van der Waals surface area contributed by atoms with Gasteiger partial charge in [0.2, 0.25) is 17.4 Å². The van der Waals surface area contributed by atoms with Crippen LogP contribution >= 0.6 is 0 Å². The summed E-state index contributed by atoms with van der Waals surface area (Å²) in [5.41, 5.74) is -0.105. The van der Waals surface area contributed by atoms with E-state index in [1.54, 1.807) is 54.7 Å². The minimum absolute atomic E-state index is 0.362. The molecule has 6 nitrogen and oxygen atoms in total. The van der Waals surface area contributed by atoms with Crippen LogP contribution in [-0.4, -0.2) is 30.4 Å². The lowest BCUT2D eigenvalue weighted by Gasteiger charge is -2.25. The molecule has 2 aromatic carbocycles. The molecule has 2 aliphatic heterocycles. The van der Waals surface area contributed by atoms with Crippen molar-refractivity contribution in [3.8, 4) is 0 Å². The van der Waals surface area contributed by atoms with Crippen molar-refractivity contribution in [1.29, 1.82) is 0 Å². The smallest absolute Gasteiger partial charge is 0.368 e. The van der Waals surface area contributed by atoms with Gasteiger partial charge in [-0.1, -0.05) is 30.3 Å². The Morgan fingerprint density at radius 3 is 2.32 bits per heavy atom. The molecule has 0 aromatic heterocycles. The number of hydrogen-bond acceptors (Lipinski definition) is 4. The summed E-state index contributed by atoms with van der Waals surface area (Å²) in [6.45, 7) is 1.62. The van der Waals surface area contributed by atoms with Crippen LogP contribution in [0.4, 0.5) is 10.1 Å². The number of nitrogens with zero attached hydrogens (tertiary/aromatic N) is 1. The Labute approximate surface area is 161 Å². The van der Waals surface area contributed by atoms with Crippen LogP contribution in [-0.2, 0) is 19.1 Å². The summed E-state index contributed by atoms with van der Waals surface area (Å²) in [5.74, 6) is -3.36. The number of imide groups is 1. The maximum absolute atomic E-state index is 13.4. The fraction of sp³-hybridized carbons (Fsp3) is 0.286. The first-order chi connectivity index (χ1) is 13.4. The van der Waals surface area contributed by atoms with Crippen molar-refractivity contribution in [3.63, 3.8) is 0 Å². The first kappa shape index (κ1) is 18.3. The minimum atomic E-state index is -1.26. The third-order valence-electron chi connectivity index (χ3n) is 5.80. The molecule has 0 unspecified atom stereocenters. The summed E-state index contributed by atoms with van der Waals surface area (Å²) in [6.07, 6.45) is 0. The van der Waals surface area contributed by atoms with Crippen molar-refractivity contribution < 1.29 is 28.8 Å². The SMILES string of the molecule is COC(=O)[C@@]1(C)[NH2+][C@@H](c2ccc(F)cc2)[C@H]2C(=O)N(c3ccccc3)C(=O)[C@@H]21. The number of halogens is 1. The number of carbonyl (C=O) groups is 3. The highest BCUT2D eigenvalue weighted by molar-refractivity contribution is 6.23. The summed E-state index contributed by atoms with van der Waals surface area (Å²) >= 11 is 0. The highest BCUT2D eigenvalue weighted by atomic mass is 19.1. The Hall–Kier alpha value is -3.06. The van der Waals surface area contributed by atoms with Crippen LogP contribution < -0.4 is 10.2 Å². The fourth-order valence-electron chi connectivity index (χ4n) is 4.50. The maximum Gasteiger partial charge on any atom is 0.368 e. The number of para-hydroxylation sites is 1. The van der Waals surface area contributed by atoms with E-state index in [4.69, 9.17) is 4.74 Å². The van der Waals surface area contributed by atoms with Crippen molar-refractivity contribution >= 4 is 23.5 Å². The monoisotopic (exact) mass is 383 g/mol. The van der Waals surface area contributed by atoms with E-state index in [9.17, 15) is 18.8 Å². The lowest BCUT2D eigenvalue weighted by Crippen LogP contribution is -2.97. The van der Waals surface area contributed by atoms with Crippen LogP contribution in [0.3, 0.4) is 0 Å². The van der Waals surface area contributed by atoms with Gasteiger partial charge in [0, 0.05) is 12.5 Å². The predicted molar refractivity (Wildman–Crippen MR) is 97.4 cm³/mol. The third-order valence-corrected chi connectivity index (χ3v) is 5.80. The third kappa shape index (κ3) is 2.54. The Morgan fingerprint density at radius 1 is 1.07 bits per heavy atom. The molecule has 0 bridgehead atoms. The average molecular weight is 383 g/mol. The number of rotatable bonds is 3. The minimum Gasteiger partial charge on any atom is -0.464 e. The molecule has 2 N–H and O–H groups in total. The van der Waals surface area contributed by atoms with Gasteiger partial charge in [-0.05, 0) is 24.3 Å². The highest BCUT2D eigenvalue weighted by Crippen LogP contribution is 2.45. The van der Waals surface area contributed by atoms with Gasteiger partial charge in [0.05, 0.1) is 12.8 Å². The number of amides is 2. The average Bonchev–Trinajstić information content (AvgIpc) is 3.16. The summed E-state index contributed by atoms with van der Waals surface area (Å²) in [4.78, 5) is 40.4. The van der Waals surface area contributed by atoms with Gasteiger partial charge in [0.15, 0.2) is 0 Å². The van der Waals surface area contributed by atoms with E-state index in [1.807, 2.05) is 0 Å². The molecule has 0 saturated carbocycles. The lowest BCUT2D eigenvalue weighted by atomic mass is 9.80. The van der Waals surface area contributed by atoms with Gasteiger partial charge in [0.1, 0.15) is 23.7 Å². The first-order valence-corrected chi connectivity index (χ1v) is 9.01. The van der Waals surface area contributed by atoms with E-state index < -0.39 is 41.1 Å². The molecule has 0 aliphatic carbocycles. The molecule has 7 heteroatoms. The molecular weight excluding hydrogens is 363 g/mol. The molecule has 28 heavy (non-hydrogen) atoms. The summed E-state index contributed by atoms with van der Waals surface area (Å²) in [5, 5.41) is 1.71. The highest BCUT2D eigenvalue weighted by Gasteiger charge is 2.70. The van der Waals surface area contributed by atoms with E-state index in [-0.39, 0.29) is 5.91 Å². The van der Waals surface area contributed by atoms with Crippen LogP contribution in [0, 0.1) is 17.7 Å². The van der Waals surface area contributed by atoms with Crippen molar-refractivity contribution in [2.45, 2.75) is 18.5 Å². The van der Waals surface area contributed by atoms with Gasteiger partial charge >= 0.3 is 5.97 Å². The maximum atomic E-state index is 13.4.